The molecule has 122 valence electrons. The molecule has 1 aromatic heterocycles. The number of hydrogen-bond donors (Lipinski definition) is 1. The number of methoxy groups -OCH3 is 1. The molecule has 5 nitrogen and oxygen atoms in total. The molecule has 1 heterocycles. The molecule has 0 aliphatic rings. The molecule has 0 saturated heterocycles. The van der Waals surface area contributed by atoms with Gasteiger partial charge in [-0.05, 0) is 35.4 Å². The lowest BCUT2D eigenvalue weighted by Crippen LogP contribution is -2.23. The Morgan fingerprint density at radius 2 is 1.96 bits per heavy atom. The summed E-state index contributed by atoms with van der Waals surface area (Å²) in [5, 5.41) is 7.19. The molecule has 0 saturated carbocycles. The van der Waals surface area contributed by atoms with Crippen LogP contribution in [0.1, 0.15) is 21.5 Å². The second-order valence-corrected chi connectivity index (χ2v) is 5.39. The van der Waals surface area contributed by atoms with E-state index in [4.69, 9.17) is 4.74 Å². The monoisotopic (exact) mass is 321 g/mol. The van der Waals surface area contributed by atoms with E-state index < -0.39 is 0 Å². The maximum atomic E-state index is 12.3. The van der Waals surface area contributed by atoms with Gasteiger partial charge in [0.05, 0.1) is 13.7 Å². The Kier molecular flexibility index (Phi) is 4.91. The summed E-state index contributed by atoms with van der Waals surface area (Å²) in [5.74, 6) is 0.546. The van der Waals surface area contributed by atoms with Crippen LogP contribution in [0, 0.1) is 0 Å². The van der Waals surface area contributed by atoms with Gasteiger partial charge in [-0.2, -0.15) is 5.10 Å². The van der Waals surface area contributed by atoms with Gasteiger partial charge < -0.3 is 10.1 Å². The highest BCUT2D eigenvalue weighted by Crippen LogP contribution is 2.14. The highest BCUT2D eigenvalue weighted by Gasteiger charge is 2.08. The molecule has 0 bridgehead atoms. The Labute approximate surface area is 140 Å². The number of carbonyl (C=O) groups excluding carboxylic acids is 1. The van der Waals surface area contributed by atoms with Gasteiger partial charge in [-0.1, -0.05) is 30.3 Å². The number of amides is 1. The number of benzene rings is 2. The Morgan fingerprint density at radius 3 is 2.71 bits per heavy atom. The molecule has 0 radical (unpaired) electrons. The molecule has 0 unspecified atom stereocenters. The van der Waals surface area contributed by atoms with Crippen molar-refractivity contribution in [2.45, 2.75) is 13.1 Å². The number of nitrogens with zero attached hydrogens (tertiary/aromatic N) is 2. The topological polar surface area (TPSA) is 56.1 Å². The zero-order valence-electron chi connectivity index (χ0n) is 13.5. The number of carbonyl (C=O) groups is 1. The zero-order chi connectivity index (χ0) is 16.8. The first-order valence-corrected chi connectivity index (χ1v) is 7.73. The molecule has 0 fully saturated rings. The second-order valence-electron chi connectivity index (χ2n) is 5.39. The van der Waals surface area contributed by atoms with Crippen LogP contribution >= 0.6 is 0 Å². The number of nitrogens with one attached hydrogen (secondary N) is 1. The molecular formula is C19H19N3O2. The Bertz CT molecular complexity index is 813. The fourth-order valence-electron chi connectivity index (χ4n) is 2.49. The average Bonchev–Trinajstić information content (AvgIpc) is 3.14. The summed E-state index contributed by atoms with van der Waals surface area (Å²) in [6.45, 7) is 1.14. The molecule has 1 amide bonds. The average molecular weight is 321 g/mol. The van der Waals surface area contributed by atoms with E-state index in [1.807, 2.05) is 41.2 Å². The molecule has 0 spiro atoms. The maximum absolute atomic E-state index is 12.3. The molecule has 5 heteroatoms. The first-order valence-electron chi connectivity index (χ1n) is 7.73. The molecule has 24 heavy (non-hydrogen) atoms. The molecule has 0 aliphatic carbocycles. The minimum Gasteiger partial charge on any atom is -0.497 e. The van der Waals surface area contributed by atoms with E-state index in [0.29, 0.717) is 24.4 Å². The van der Waals surface area contributed by atoms with E-state index in [1.165, 1.54) is 0 Å². The fraction of sp³-hybridized carbons (Fsp3) is 0.158. The minimum absolute atomic E-state index is 0.122. The summed E-state index contributed by atoms with van der Waals surface area (Å²) in [5.41, 5.74) is 2.79. The molecule has 0 aliphatic heterocycles. The van der Waals surface area contributed by atoms with E-state index in [2.05, 4.69) is 16.5 Å². The normalized spacial score (nSPS) is 10.4. The Hall–Kier alpha value is -3.08. The molecule has 1 N–H and O–H groups in total. The number of ether oxygens (including phenoxy) is 1. The van der Waals surface area contributed by atoms with Crippen LogP contribution < -0.4 is 10.1 Å². The predicted molar refractivity (Wildman–Crippen MR) is 91.9 cm³/mol. The standard InChI is InChI=1S/C19H19N3O2/c1-24-18-9-4-8-15(12-18)19(23)20-13-16-6-2-3-7-17(16)14-22-11-5-10-21-22/h2-12H,13-14H2,1H3,(H,20,23). The van der Waals surface area contributed by atoms with Crippen molar-refractivity contribution in [3.05, 3.63) is 83.7 Å². The van der Waals surface area contributed by atoms with Crippen LogP contribution in [0.15, 0.2) is 67.0 Å². The van der Waals surface area contributed by atoms with Gasteiger partial charge in [-0.25, -0.2) is 0 Å². The van der Waals surface area contributed by atoms with Crippen molar-refractivity contribution in [1.82, 2.24) is 15.1 Å². The summed E-state index contributed by atoms with van der Waals surface area (Å²) in [6, 6.07) is 17.0. The van der Waals surface area contributed by atoms with Crippen molar-refractivity contribution in [2.75, 3.05) is 7.11 Å². The summed E-state index contributed by atoms with van der Waals surface area (Å²) in [4.78, 5) is 12.3. The van der Waals surface area contributed by atoms with Gasteiger partial charge in [0.15, 0.2) is 0 Å². The van der Waals surface area contributed by atoms with Crippen LogP contribution in [0.4, 0.5) is 0 Å². The third-order valence-electron chi connectivity index (χ3n) is 3.78. The summed E-state index contributed by atoms with van der Waals surface area (Å²) >= 11 is 0. The van der Waals surface area contributed by atoms with E-state index >= 15 is 0 Å². The van der Waals surface area contributed by atoms with Crippen molar-refractivity contribution in [3.8, 4) is 5.75 Å². The van der Waals surface area contributed by atoms with Gasteiger partial charge in [0, 0.05) is 24.5 Å². The lowest BCUT2D eigenvalue weighted by Gasteiger charge is -2.11. The summed E-state index contributed by atoms with van der Waals surface area (Å²) < 4.78 is 7.02. The summed E-state index contributed by atoms with van der Waals surface area (Å²) in [7, 11) is 1.59. The maximum Gasteiger partial charge on any atom is 0.251 e. The van der Waals surface area contributed by atoms with Crippen molar-refractivity contribution in [1.29, 1.82) is 0 Å². The molecule has 3 rings (SSSR count). The van der Waals surface area contributed by atoms with E-state index in [9.17, 15) is 4.79 Å². The van der Waals surface area contributed by atoms with Crippen LogP contribution in [-0.4, -0.2) is 22.8 Å². The van der Waals surface area contributed by atoms with Gasteiger partial charge in [0.1, 0.15) is 5.75 Å². The van der Waals surface area contributed by atoms with Crippen molar-refractivity contribution < 1.29 is 9.53 Å². The highest BCUT2D eigenvalue weighted by atomic mass is 16.5. The second kappa shape index (κ2) is 7.46. The van der Waals surface area contributed by atoms with Crippen molar-refractivity contribution in [3.63, 3.8) is 0 Å². The predicted octanol–water partition coefficient (Wildman–Crippen LogP) is 2.87. The molecule has 2 aromatic carbocycles. The van der Waals surface area contributed by atoms with Crippen molar-refractivity contribution in [2.24, 2.45) is 0 Å². The molecule has 3 aromatic rings. The van der Waals surface area contributed by atoms with E-state index in [-0.39, 0.29) is 5.91 Å². The van der Waals surface area contributed by atoms with E-state index in [0.717, 1.165) is 11.1 Å². The van der Waals surface area contributed by atoms with Gasteiger partial charge in [0.2, 0.25) is 0 Å². The van der Waals surface area contributed by atoms with Crippen LogP contribution in [0.5, 0.6) is 5.75 Å². The number of hydrogen-bond acceptors (Lipinski definition) is 3. The molecule has 0 atom stereocenters. The largest absolute Gasteiger partial charge is 0.497 e. The smallest absolute Gasteiger partial charge is 0.251 e. The first kappa shape index (κ1) is 15.8. The van der Waals surface area contributed by atoms with E-state index in [1.54, 1.807) is 31.5 Å². The van der Waals surface area contributed by atoms with Gasteiger partial charge in [0.25, 0.3) is 5.91 Å². The lowest BCUT2D eigenvalue weighted by atomic mass is 10.1. The minimum atomic E-state index is -0.122. The van der Waals surface area contributed by atoms with Gasteiger partial charge in [-0.15, -0.1) is 0 Å². The molecular weight excluding hydrogens is 302 g/mol. The highest BCUT2D eigenvalue weighted by molar-refractivity contribution is 5.94. The Morgan fingerprint density at radius 1 is 1.12 bits per heavy atom. The quantitative estimate of drug-likeness (QED) is 0.759. The Balaban J connectivity index is 1.69. The summed E-state index contributed by atoms with van der Waals surface area (Å²) in [6.07, 6.45) is 3.68. The van der Waals surface area contributed by atoms with Gasteiger partial charge >= 0.3 is 0 Å². The van der Waals surface area contributed by atoms with Gasteiger partial charge in [-0.3, -0.25) is 9.48 Å². The SMILES string of the molecule is COc1cccc(C(=O)NCc2ccccc2Cn2cccn2)c1. The van der Waals surface area contributed by atoms with Crippen LogP contribution in [-0.2, 0) is 13.1 Å². The lowest BCUT2D eigenvalue weighted by molar-refractivity contribution is 0.0950. The first-order chi connectivity index (χ1) is 11.8. The van der Waals surface area contributed by atoms with Crippen LogP contribution in [0.3, 0.4) is 0 Å². The third-order valence-corrected chi connectivity index (χ3v) is 3.78. The zero-order valence-corrected chi connectivity index (χ0v) is 13.5. The third kappa shape index (κ3) is 3.81. The van der Waals surface area contributed by atoms with Crippen LogP contribution in [0.25, 0.3) is 0 Å². The van der Waals surface area contributed by atoms with Crippen LogP contribution in [0.2, 0.25) is 0 Å². The number of aromatic nitrogens is 2. The fourth-order valence-corrected chi connectivity index (χ4v) is 2.49. The number of rotatable bonds is 6. The van der Waals surface area contributed by atoms with Crippen molar-refractivity contribution >= 4 is 5.91 Å².